The van der Waals surface area contributed by atoms with Gasteiger partial charge in [-0.3, -0.25) is 0 Å². The Balaban J connectivity index is 1.82. The minimum absolute atomic E-state index is 0.841. The first-order valence-corrected chi connectivity index (χ1v) is 16.2. The second-order valence-electron chi connectivity index (χ2n) is 11.1. The molecule has 0 bridgehead atoms. The minimum Gasteiger partial charge on any atom is -0.493 e. The van der Waals surface area contributed by atoms with Crippen molar-refractivity contribution in [3.05, 3.63) is 88.0 Å². The van der Waals surface area contributed by atoms with Gasteiger partial charge in [0.05, 0.1) is 0 Å². The lowest BCUT2D eigenvalue weighted by Gasteiger charge is -2.14. The van der Waals surface area contributed by atoms with Crippen LogP contribution in [0.2, 0.25) is 0 Å². The van der Waals surface area contributed by atoms with Crippen LogP contribution >= 0.6 is 0 Å². The highest BCUT2D eigenvalue weighted by Gasteiger charge is 2.30. The Morgan fingerprint density at radius 3 is 1.63 bits per heavy atom. The topological polar surface area (TPSA) is 25.3 Å². The fourth-order valence-corrected chi connectivity index (χ4v) is 5.42. The van der Waals surface area contributed by atoms with Crippen LogP contribution in [0, 0.1) is 23.7 Å². The number of hydrogen-bond acceptors (Lipinski definition) is 0. The van der Waals surface area contributed by atoms with Crippen molar-refractivity contribution in [2.45, 2.75) is 124 Å². The van der Waals surface area contributed by atoms with Gasteiger partial charge in [-0.15, -0.1) is 23.7 Å². The molecule has 0 amide bonds. The van der Waals surface area contributed by atoms with Crippen LogP contribution in [0.15, 0.2) is 60.2 Å². The molecule has 1 aliphatic heterocycles. The Morgan fingerprint density at radius 1 is 0.561 bits per heavy atom. The number of nitrogens with zero attached hydrogens (tertiary/aromatic N) is 2. The van der Waals surface area contributed by atoms with Gasteiger partial charge in [-0.25, -0.2) is 4.70 Å². The standard InChI is InChI=1S/C39H50N2/c1-4-7-10-12-14-16-19-25-33-27-21-23-30-36(33)38-32-35(29-18-9-6-3)39(41(38)40)37-31-24-22-28-34(37)26-20-17-15-13-11-8-5-2/h21-24,27-28,30-32H,4-13,18-20,25-26,29H2,1-3H3. The molecule has 0 N–H and O–H groups in total. The Hall–Kier alpha value is -3.36. The number of aryl methyl sites for hydroxylation is 2. The van der Waals surface area contributed by atoms with Gasteiger partial charge in [0, 0.05) is 48.5 Å². The molecule has 0 aromatic heterocycles. The van der Waals surface area contributed by atoms with Crippen LogP contribution in [-0.4, -0.2) is 4.70 Å². The largest absolute Gasteiger partial charge is 0.493 e. The normalized spacial score (nSPS) is 12.6. The quantitative estimate of drug-likeness (QED) is 0.114. The van der Waals surface area contributed by atoms with Crippen LogP contribution in [0.1, 0.15) is 133 Å². The summed E-state index contributed by atoms with van der Waals surface area (Å²) in [6.45, 7) is 6.70. The highest BCUT2D eigenvalue weighted by Crippen LogP contribution is 2.39. The maximum absolute atomic E-state index is 11.8. The van der Waals surface area contributed by atoms with E-state index in [-0.39, 0.29) is 0 Å². The molecule has 216 valence electrons. The minimum atomic E-state index is 0.841. The van der Waals surface area contributed by atoms with Crippen LogP contribution in [0.5, 0.6) is 0 Å². The molecule has 0 fully saturated rings. The van der Waals surface area contributed by atoms with Gasteiger partial charge < -0.3 is 5.53 Å². The molecule has 0 saturated heterocycles. The Morgan fingerprint density at radius 2 is 1.05 bits per heavy atom. The molecule has 0 aliphatic carbocycles. The monoisotopic (exact) mass is 546 g/mol. The Kier molecular flexibility index (Phi) is 14.8. The number of benzene rings is 2. The van der Waals surface area contributed by atoms with E-state index in [1.54, 1.807) is 0 Å². The van der Waals surface area contributed by atoms with Crippen molar-refractivity contribution in [1.82, 2.24) is 0 Å². The fourth-order valence-electron chi connectivity index (χ4n) is 5.42. The summed E-state index contributed by atoms with van der Waals surface area (Å²) in [6, 6.07) is 17.1. The molecular formula is C39H50N2. The Labute approximate surface area is 250 Å². The van der Waals surface area contributed by atoms with Crippen LogP contribution in [-0.2, 0) is 12.8 Å². The summed E-state index contributed by atoms with van der Waals surface area (Å²) in [5.41, 5.74) is 19.5. The van der Waals surface area contributed by atoms with Gasteiger partial charge in [0.2, 0.25) is 11.4 Å². The van der Waals surface area contributed by atoms with Crippen molar-refractivity contribution in [3.8, 4) is 23.7 Å². The smallest absolute Gasteiger partial charge is 0.211 e. The lowest BCUT2D eigenvalue weighted by Crippen LogP contribution is -2.06. The molecule has 0 radical (unpaired) electrons. The summed E-state index contributed by atoms with van der Waals surface area (Å²) in [6.07, 6.45) is 19.5. The van der Waals surface area contributed by atoms with E-state index in [4.69, 9.17) is 0 Å². The molecule has 0 unspecified atom stereocenters. The third-order valence-corrected chi connectivity index (χ3v) is 7.77. The van der Waals surface area contributed by atoms with Gasteiger partial charge in [-0.1, -0.05) is 95.7 Å². The van der Waals surface area contributed by atoms with Crippen LogP contribution in [0.4, 0.5) is 0 Å². The van der Waals surface area contributed by atoms with E-state index >= 15 is 0 Å². The lowest BCUT2D eigenvalue weighted by atomic mass is 9.96. The summed E-state index contributed by atoms with van der Waals surface area (Å²) >= 11 is 0. The summed E-state index contributed by atoms with van der Waals surface area (Å²) in [4.78, 5) is 0. The number of rotatable bonds is 16. The maximum Gasteiger partial charge on any atom is 0.211 e. The Bertz CT molecular complexity index is 1300. The first kappa shape index (κ1) is 32.2. The highest BCUT2D eigenvalue weighted by molar-refractivity contribution is 5.80. The van der Waals surface area contributed by atoms with Crippen LogP contribution < -0.4 is 0 Å². The molecule has 1 heterocycles. The van der Waals surface area contributed by atoms with E-state index in [1.807, 2.05) is 0 Å². The highest BCUT2D eigenvalue weighted by atomic mass is 15.2. The second-order valence-corrected chi connectivity index (χ2v) is 11.1. The molecule has 41 heavy (non-hydrogen) atoms. The van der Waals surface area contributed by atoms with Crippen molar-refractivity contribution in [2.75, 3.05) is 0 Å². The van der Waals surface area contributed by atoms with Crippen molar-refractivity contribution in [3.63, 3.8) is 0 Å². The molecule has 0 spiro atoms. The van der Waals surface area contributed by atoms with Gasteiger partial charge in [0.25, 0.3) is 0 Å². The van der Waals surface area contributed by atoms with E-state index in [9.17, 15) is 5.53 Å². The van der Waals surface area contributed by atoms with Crippen molar-refractivity contribution in [1.29, 1.82) is 0 Å². The third-order valence-electron chi connectivity index (χ3n) is 7.77. The molecule has 3 rings (SSSR count). The first-order chi connectivity index (χ1) is 20.2. The average Bonchev–Trinajstić information content (AvgIpc) is 3.32. The molecule has 2 heteroatoms. The SMILES string of the molecule is CCCCCC#CCCc1ccccc1C1=CC(CCCCC)=C(c2ccccc2CCC#CCCCCC)[N+]1=[N-]. The fraction of sp³-hybridized carbons (Fsp3) is 0.487. The van der Waals surface area contributed by atoms with E-state index in [1.165, 1.54) is 72.8 Å². The molecule has 1 aliphatic rings. The van der Waals surface area contributed by atoms with Gasteiger partial charge in [-0.2, -0.15) is 0 Å². The summed E-state index contributed by atoms with van der Waals surface area (Å²) in [5, 5.41) is 0. The molecule has 0 atom stereocenters. The van der Waals surface area contributed by atoms with Crippen LogP contribution in [0.3, 0.4) is 0 Å². The zero-order valence-corrected chi connectivity index (χ0v) is 25.9. The summed E-state index contributed by atoms with van der Waals surface area (Å²) in [7, 11) is 0. The molecule has 2 aromatic carbocycles. The number of unbranched alkanes of at least 4 members (excludes halogenated alkanes) is 8. The summed E-state index contributed by atoms with van der Waals surface area (Å²) in [5.74, 6) is 13.5. The lowest BCUT2D eigenvalue weighted by molar-refractivity contribution is -0.344. The van der Waals surface area contributed by atoms with Gasteiger partial charge >= 0.3 is 0 Å². The van der Waals surface area contributed by atoms with E-state index in [0.717, 1.165) is 73.9 Å². The van der Waals surface area contributed by atoms with Crippen molar-refractivity contribution in [2.24, 2.45) is 0 Å². The van der Waals surface area contributed by atoms with E-state index in [2.05, 4.69) is 99.1 Å². The third kappa shape index (κ3) is 10.2. The molecule has 2 nitrogen and oxygen atoms in total. The maximum atomic E-state index is 11.8. The van der Waals surface area contributed by atoms with Gasteiger partial charge in [0.15, 0.2) is 0 Å². The van der Waals surface area contributed by atoms with Gasteiger partial charge in [0.1, 0.15) is 0 Å². The molecule has 2 aromatic rings. The number of allylic oxidation sites excluding steroid dienone is 2. The zero-order valence-electron chi connectivity index (χ0n) is 25.9. The van der Waals surface area contributed by atoms with Crippen molar-refractivity contribution < 1.29 is 4.70 Å². The second kappa shape index (κ2) is 18.9. The van der Waals surface area contributed by atoms with Gasteiger partial charge in [-0.05, 0) is 61.8 Å². The van der Waals surface area contributed by atoms with Crippen LogP contribution in [0.25, 0.3) is 16.9 Å². The summed E-state index contributed by atoms with van der Waals surface area (Å²) < 4.78 is 1.46. The van der Waals surface area contributed by atoms with Crippen molar-refractivity contribution >= 4 is 11.4 Å². The predicted octanol–water partition coefficient (Wildman–Crippen LogP) is 11.1. The molecular weight excluding hydrogens is 496 g/mol. The van der Waals surface area contributed by atoms with E-state index in [0.29, 0.717) is 0 Å². The predicted molar refractivity (Wildman–Crippen MR) is 176 cm³/mol. The first-order valence-electron chi connectivity index (χ1n) is 16.2. The van der Waals surface area contributed by atoms with E-state index < -0.39 is 0 Å². The average molecular weight is 547 g/mol. The zero-order chi connectivity index (χ0) is 29.1. The molecule has 0 saturated carbocycles. The number of hydrogen-bond donors (Lipinski definition) is 0.